The molecule has 1 saturated heterocycles. The summed E-state index contributed by atoms with van der Waals surface area (Å²) < 4.78 is 5.50. The third-order valence-corrected chi connectivity index (χ3v) is 6.58. The van der Waals surface area contributed by atoms with E-state index in [2.05, 4.69) is 37.4 Å². The van der Waals surface area contributed by atoms with Crippen molar-refractivity contribution in [3.05, 3.63) is 65.7 Å². The van der Waals surface area contributed by atoms with Crippen molar-refractivity contribution >= 4 is 34.9 Å². The predicted octanol–water partition coefficient (Wildman–Crippen LogP) is 4.16. The first-order chi connectivity index (χ1) is 16.0. The number of hydrogen-bond donors (Lipinski definition) is 1. The number of para-hydroxylation sites is 2. The number of aryl methyl sites for hydroxylation is 2. The molecule has 33 heavy (non-hydrogen) atoms. The smallest absolute Gasteiger partial charge is 0.234 e. The number of thioether (sulfide) groups is 1. The Hall–Kier alpha value is -3.26. The summed E-state index contributed by atoms with van der Waals surface area (Å²) in [6.45, 7) is 7.52. The van der Waals surface area contributed by atoms with Gasteiger partial charge in [-0.2, -0.15) is 0 Å². The van der Waals surface area contributed by atoms with E-state index < -0.39 is 0 Å². The second-order valence-corrected chi connectivity index (χ2v) is 9.03. The van der Waals surface area contributed by atoms with Crippen molar-refractivity contribution < 1.29 is 9.53 Å². The average molecular weight is 464 g/mol. The minimum absolute atomic E-state index is 0.0507. The molecule has 1 amide bonds. The maximum Gasteiger partial charge on any atom is 0.234 e. The summed E-state index contributed by atoms with van der Waals surface area (Å²) in [7, 11) is 1.71. The number of aromatic nitrogens is 2. The standard InChI is InChI=1S/C25H29N5O2S/c1-18-8-9-20(19(2)16-18)26-24(31)17-33-25-11-10-23(27-28-25)30-14-12-29(13-15-30)21-6-4-5-7-22(21)32-3/h4-11,16H,12-15,17H2,1-3H3,(H,26,31). The fourth-order valence-corrected chi connectivity index (χ4v) is 4.52. The van der Waals surface area contributed by atoms with E-state index in [1.165, 1.54) is 17.3 Å². The number of carbonyl (C=O) groups is 1. The molecule has 0 saturated carbocycles. The molecule has 0 bridgehead atoms. The van der Waals surface area contributed by atoms with Crippen LogP contribution in [0.1, 0.15) is 11.1 Å². The van der Waals surface area contributed by atoms with Gasteiger partial charge < -0.3 is 19.9 Å². The number of amides is 1. The van der Waals surface area contributed by atoms with Gasteiger partial charge in [0.15, 0.2) is 5.82 Å². The van der Waals surface area contributed by atoms with Gasteiger partial charge in [-0.25, -0.2) is 0 Å². The van der Waals surface area contributed by atoms with Crippen LogP contribution in [0.5, 0.6) is 5.75 Å². The third-order valence-electron chi connectivity index (χ3n) is 5.66. The molecule has 1 fully saturated rings. The lowest BCUT2D eigenvalue weighted by Gasteiger charge is -2.37. The summed E-state index contributed by atoms with van der Waals surface area (Å²) in [5, 5.41) is 12.4. The lowest BCUT2D eigenvalue weighted by atomic mass is 10.1. The molecule has 1 aromatic heterocycles. The van der Waals surface area contributed by atoms with Gasteiger partial charge in [0.1, 0.15) is 10.8 Å². The van der Waals surface area contributed by atoms with Gasteiger partial charge in [-0.15, -0.1) is 10.2 Å². The van der Waals surface area contributed by atoms with Gasteiger partial charge in [0.25, 0.3) is 0 Å². The molecule has 172 valence electrons. The van der Waals surface area contributed by atoms with Crippen LogP contribution in [0.25, 0.3) is 0 Å². The first kappa shape index (κ1) is 22.9. The zero-order valence-electron chi connectivity index (χ0n) is 19.2. The number of nitrogens with one attached hydrogen (secondary N) is 1. The van der Waals surface area contributed by atoms with E-state index in [9.17, 15) is 4.79 Å². The van der Waals surface area contributed by atoms with Crippen molar-refractivity contribution in [2.45, 2.75) is 18.9 Å². The van der Waals surface area contributed by atoms with Crippen LogP contribution in [0.4, 0.5) is 17.2 Å². The van der Waals surface area contributed by atoms with E-state index in [1.54, 1.807) is 7.11 Å². The number of piperazine rings is 1. The van der Waals surface area contributed by atoms with Crippen LogP contribution < -0.4 is 19.9 Å². The summed E-state index contributed by atoms with van der Waals surface area (Å²) in [4.78, 5) is 16.9. The zero-order chi connectivity index (χ0) is 23.2. The first-order valence-electron chi connectivity index (χ1n) is 11.0. The van der Waals surface area contributed by atoms with Gasteiger partial charge in [0, 0.05) is 31.9 Å². The van der Waals surface area contributed by atoms with Gasteiger partial charge in [-0.1, -0.05) is 41.6 Å². The molecule has 4 rings (SSSR count). The van der Waals surface area contributed by atoms with E-state index in [-0.39, 0.29) is 5.91 Å². The topological polar surface area (TPSA) is 70.6 Å². The van der Waals surface area contributed by atoms with Crippen LogP contribution >= 0.6 is 11.8 Å². The highest BCUT2D eigenvalue weighted by molar-refractivity contribution is 7.99. The highest BCUT2D eigenvalue weighted by atomic mass is 32.2. The Bertz CT molecular complexity index is 1100. The molecular weight excluding hydrogens is 434 g/mol. The fourth-order valence-electron chi connectivity index (χ4n) is 3.91. The summed E-state index contributed by atoms with van der Waals surface area (Å²) in [6.07, 6.45) is 0. The number of hydrogen-bond acceptors (Lipinski definition) is 7. The van der Waals surface area contributed by atoms with Gasteiger partial charge in [-0.05, 0) is 49.7 Å². The molecule has 0 atom stereocenters. The molecular formula is C25H29N5O2S. The molecule has 0 unspecified atom stereocenters. The van der Waals surface area contributed by atoms with Crippen LogP contribution in [0.15, 0.2) is 59.6 Å². The van der Waals surface area contributed by atoms with Crippen LogP contribution in [0.2, 0.25) is 0 Å². The van der Waals surface area contributed by atoms with Crippen LogP contribution in [-0.2, 0) is 4.79 Å². The maximum atomic E-state index is 12.3. The molecule has 1 aliphatic heterocycles. The summed E-state index contributed by atoms with van der Waals surface area (Å²) >= 11 is 1.39. The number of benzene rings is 2. The average Bonchev–Trinajstić information content (AvgIpc) is 2.85. The zero-order valence-corrected chi connectivity index (χ0v) is 20.1. The normalized spacial score (nSPS) is 13.7. The molecule has 8 heteroatoms. The Morgan fingerprint density at radius 2 is 1.76 bits per heavy atom. The largest absolute Gasteiger partial charge is 0.495 e. The Balaban J connectivity index is 1.27. The van der Waals surface area contributed by atoms with E-state index in [0.29, 0.717) is 5.75 Å². The number of carbonyl (C=O) groups excluding carboxylic acids is 1. The van der Waals surface area contributed by atoms with Crippen molar-refractivity contribution in [3.63, 3.8) is 0 Å². The van der Waals surface area contributed by atoms with Crippen LogP contribution in [0, 0.1) is 13.8 Å². The second kappa shape index (κ2) is 10.6. The van der Waals surface area contributed by atoms with Crippen molar-refractivity contribution in [2.24, 2.45) is 0 Å². The Morgan fingerprint density at radius 1 is 1.00 bits per heavy atom. The van der Waals surface area contributed by atoms with Crippen molar-refractivity contribution in [3.8, 4) is 5.75 Å². The molecule has 0 aliphatic carbocycles. The lowest BCUT2D eigenvalue weighted by Crippen LogP contribution is -2.47. The highest BCUT2D eigenvalue weighted by Crippen LogP contribution is 2.29. The molecule has 1 aliphatic rings. The van der Waals surface area contributed by atoms with Crippen LogP contribution in [0.3, 0.4) is 0 Å². The number of rotatable bonds is 7. The lowest BCUT2D eigenvalue weighted by molar-refractivity contribution is -0.113. The van der Waals surface area contributed by atoms with E-state index in [1.807, 2.05) is 56.3 Å². The minimum Gasteiger partial charge on any atom is -0.495 e. The van der Waals surface area contributed by atoms with Crippen molar-refractivity contribution in [1.29, 1.82) is 0 Å². The van der Waals surface area contributed by atoms with E-state index in [4.69, 9.17) is 4.74 Å². The summed E-state index contributed by atoms with van der Waals surface area (Å²) in [5.74, 6) is 2.00. The van der Waals surface area contributed by atoms with E-state index >= 15 is 0 Å². The van der Waals surface area contributed by atoms with Gasteiger partial charge in [0.05, 0.1) is 18.6 Å². The molecule has 0 spiro atoms. The minimum atomic E-state index is -0.0507. The molecule has 2 heterocycles. The number of nitrogens with zero attached hydrogens (tertiary/aromatic N) is 4. The van der Waals surface area contributed by atoms with Gasteiger partial charge >= 0.3 is 0 Å². The molecule has 0 radical (unpaired) electrons. The molecule has 2 aromatic carbocycles. The van der Waals surface area contributed by atoms with Crippen molar-refractivity contribution in [1.82, 2.24) is 10.2 Å². The Kier molecular flexibility index (Phi) is 7.34. The summed E-state index contributed by atoms with van der Waals surface area (Å²) in [5.41, 5.74) is 4.20. The third kappa shape index (κ3) is 5.76. The predicted molar refractivity (Wildman–Crippen MR) is 135 cm³/mol. The van der Waals surface area contributed by atoms with Gasteiger partial charge in [-0.3, -0.25) is 4.79 Å². The van der Waals surface area contributed by atoms with Crippen LogP contribution in [-0.4, -0.2) is 55.1 Å². The maximum absolute atomic E-state index is 12.3. The number of ether oxygens (including phenoxy) is 1. The Morgan fingerprint density at radius 3 is 2.45 bits per heavy atom. The molecule has 1 N–H and O–H groups in total. The summed E-state index contributed by atoms with van der Waals surface area (Å²) in [6, 6.07) is 18.0. The first-order valence-corrected chi connectivity index (χ1v) is 12.0. The highest BCUT2D eigenvalue weighted by Gasteiger charge is 2.20. The monoisotopic (exact) mass is 463 g/mol. The fraction of sp³-hybridized carbons (Fsp3) is 0.320. The number of methoxy groups -OCH3 is 1. The SMILES string of the molecule is COc1ccccc1N1CCN(c2ccc(SCC(=O)Nc3ccc(C)cc3C)nn2)CC1. The van der Waals surface area contributed by atoms with Gasteiger partial charge in [0.2, 0.25) is 5.91 Å². The second-order valence-electron chi connectivity index (χ2n) is 8.03. The van der Waals surface area contributed by atoms with Crippen molar-refractivity contribution in [2.75, 3.05) is 54.2 Å². The Labute approximate surface area is 199 Å². The number of anilines is 3. The molecule has 3 aromatic rings. The molecule has 7 nitrogen and oxygen atoms in total. The quantitative estimate of drug-likeness (QED) is 0.528. The van der Waals surface area contributed by atoms with E-state index in [0.717, 1.165) is 59.7 Å².